The Labute approximate surface area is 177 Å². The number of hydrogen-bond donors (Lipinski definition) is 0. The minimum atomic E-state index is -0.553. The Morgan fingerprint density at radius 1 is 1.28 bits per heavy atom. The van der Waals surface area contributed by atoms with Crippen molar-refractivity contribution in [3.8, 4) is 0 Å². The summed E-state index contributed by atoms with van der Waals surface area (Å²) in [5.74, 6) is -0.849. The summed E-state index contributed by atoms with van der Waals surface area (Å²) < 4.78 is 14.0. The second-order valence-electron chi connectivity index (χ2n) is 7.43. The molecule has 2 amide bonds. The fourth-order valence-electron chi connectivity index (χ4n) is 3.53. The van der Waals surface area contributed by atoms with Gasteiger partial charge in [0, 0.05) is 56.1 Å². The molecule has 1 saturated heterocycles. The molecule has 2 fully saturated rings. The Morgan fingerprint density at radius 2 is 2.00 bits per heavy atom. The van der Waals surface area contributed by atoms with Gasteiger partial charge in [-0.1, -0.05) is 11.6 Å². The fraction of sp³-hybridized carbons (Fsp3) is 0.450. The molecule has 0 N–H and O–H groups in total. The number of carbonyl (C=O) groups is 2. The van der Waals surface area contributed by atoms with E-state index >= 15 is 0 Å². The normalized spacial score (nSPS) is 17.4. The molecule has 154 valence electrons. The van der Waals surface area contributed by atoms with E-state index in [4.69, 9.17) is 11.6 Å². The highest BCUT2D eigenvalue weighted by molar-refractivity contribution is 7.14. The van der Waals surface area contributed by atoms with Gasteiger partial charge >= 0.3 is 0 Å². The summed E-state index contributed by atoms with van der Waals surface area (Å²) in [6.45, 7) is 4.64. The standard InChI is InChI=1S/C20H22ClFN4O2S/c1-13(27)26(16-3-4-16)20-23-15(12-29-20)11-24-6-8-25(9-7-24)19(28)17-10-14(21)2-5-18(17)22/h2,5,10,12,16H,3-4,6-9,11H2,1H3. The zero-order valence-corrected chi connectivity index (χ0v) is 17.7. The molecule has 9 heteroatoms. The van der Waals surface area contributed by atoms with Crippen LogP contribution < -0.4 is 4.90 Å². The first kappa shape index (κ1) is 20.3. The van der Waals surface area contributed by atoms with Gasteiger partial charge in [0.2, 0.25) is 5.91 Å². The largest absolute Gasteiger partial charge is 0.336 e. The molecule has 1 aromatic carbocycles. The van der Waals surface area contributed by atoms with E-state index in [-0.39, 0.29) is 17.4 Å². The van der Waals surface area contributed by atoms with E-state index in [1.54, 1.807) is 16.7 Å². The monoisotopic (exact) mass is 436 g/mol. The third kappa shape index (κ3) is 4.60. The number of anilines is 1. The summed E-state index contributed by atoms with van der Waals surface area (Å²) in [4.78, 5) is 34.8. The van der Waals surface area contributed by atoms with Gasteiger partial charge in [-0.05, 0) is 31.0 Å². The fourth-order valence-corrected chi connectivity index (χ4v) is 4.63. The second kappa shape index (κ2) is 8.38. The predicted octanol–water partition coefficient (Wildman–Crippen LogP) is 3.41. The summed E-state index contributed by atoms with van der Waals surface area (Å²) in [7, 11) is 0. The van der Waals surface area contributed by atoms with Gasteiger partial charge in [-0.25, -0.2) is 9.37 Å². The number of amides is 2. The Hall–Kier alpha value is -2.03. The molecule has 1 aromatic heterocycles. The molecular formula is C20H22ClFN4O2S. The maximum Gasteiger partial charge on any atom is 0.256 e. The molecule has 0 atom stereocenters. The van der Waals surface area contributed by atoms with Gasteiger partial charge in [-0.3, -0.25) is 19.4 Å². The lowest BCUT2D eigenvalue weighted by atomic mass is 10.1. The van der Waals surface area contributed by atoms with Crippen LogP contribution in [0.5, 0.6) is 0 Å². The maximum absolute atomic E-state index is 14.0. The molecule has 1 aliphatic heterocycles. The third-order valence-electron chi connectivity index (χ3n) is 5.20. The summed E-state index contributed by atoms with van der Waals surface area (Å²) in [6, 6.07) is 4.33. The molecule has 0 spiro atoms. The number of halogens is 2. The van der Waals surface area contributed by atoms with E-state index in [9.17, 15) is 14.0 Å². The molecule has 4 rings (SSSR count). The van der Waals surface area contributed by atoms with Crippen LogP contribution in [0.25, 0.3) is 0 Å². The molecule has 1 aliphatic carbocycles. The van der Waals surface area contributed by atoms with E-state index in [1.807, 2.05) is 5.38 Å². The molecule has 2 heterocycles. The van der Waals surface area contributed by atoms with Crippen LogP contribution in [0.1, 0.15) is 35.8 Å². The lowest BCUT2D eigenvalue weighted by Crippen LogP contribution is -2.48. The van der Waals surface area contributed by atoms with Gasteiger partial charge in [0.15, 0.2) is 5.13 Å². The van der Waals surface area contributed by atoms with Crippen molar-refractivity contribution in [2.24, 2.45) is 0 Å². The highest BCUT2D eigenvalue weighted by Crippen LogP contribution is 2.33. The Balaban J connectivity index is 1.34. The maximum atomic E-state index is 14.0. The van der Waals surface area contributed by atoms with Gasteiger partial charge in [-0.2, -0.15) is 0 Å². The van der Waals surface area contributed by atoms with Crippen molar-refractivity contribution in [3.63, 3.8) is 0 Å². The molecule has 0 unspecified atom stereocenters. The molecule has 2 aromatic rings. The Bertz CT molecular complexity index is 925. The molecule has 0 bridgehead atoms. The van der Waals surface area contributed by atoms with Crippen molar-refractivity contribution in [3.05, 3.63) is 45.7 Å². The molecule has 6 nitrogen and oxygen atoms in total. The highest BCUT2D eigenvalue weighted by Gasteiger charge is 2.34. The average Bonchev–Trinajstić information content (AvgIpc) is 3.42. The van der Waals surface area contributed by atoms with Crippen LogP contribution in [0.2, 0.25) is 5.02 Å². The number of aromatic nitrogens is 1. The lowest BCUT2D eigenvalue weighted by Gasteiger charge is -2.34. The molecule has 2 aliphatic rings. The number of hydrogen-bond acceptors (Lipinski definition) is 5. The number of thiazole rings is 1. The summed E-state index contributed by atoms with van der Waals surface area (Å²) in [5.41, 5.74) is 0.942. The van der Waals surface area contributed by atoms with Crippen LogP contribution in [0.15, 0.2) is 23.6 Å². The third-order valence-corrected chi connectivity index (χ3v) is 6.32. The minimum absolute atomic E-state index is 0.0134. The molecule has 29 heavy (non-hydrogen) atoms. The Kier molecular flexibility index (Phi) is 5.85. The van der Waals surface area contributed by atoms with Crippen molar-refractivity contribution >= 4 is 39.9 Å². The van der Waals surface area contributed by atoms with E-state index in [0.29, 0.717) is 43.8 Å². The van der Waals surface area contributed by atoms with E-state index in [1.165, 1.54) is 29.5 Å². The van der Waals surface area contributed by atoms with E-state index in [2.05, 4.69) is 9.88 Å². The average molecular weight is 437 g/mol. The predicted molar refractivity (Wildman–Crippen MR) is 111 cm³/mol. The van der Waals surface area contributed by atoms with Crippen LogP contribution in [-0.2, 0) is 11.3 Å². The first-order valence-corrected chi connectivity index (χ1v) is 10.9. The quantitative estimate of drug-likeness (QED) is 0.720. The van der Waals surface area contributed by atoms with E-state index in [0.717, 1.165) is 23.7 Å². The SMILES string of the molecule is CC(=O)N(c1nc(CN2CCN(C(=O)c3cc(Cl)ccc3F)CC2)cs1)C1CC1. The minimum Gasteiger partial charge on any atom is -0.336 e. The number of nitrogens with zero attached hydrogens (tertiary/aromatic N) is 4. The first-order valence-electron chi connectivity index (χ1n) is 9.63. The smallest absolute Gasteiger partial charge is 0.256 e. The van der Waals surface area contributed by atoms with Crippen molar-refractivity contribution in [1.82, 2.24) is 14.8 Å². The summed E-state index contributed by atoms with van der Waals surface area (Å²) in [5, 5.41) is 3.10. The zero-order valence-electron chi connectivity index (χ0n) is 16.1. The topological polar surface area (TPSA) is 56.8 Å². The van der Waals surface area contributed by atoms with Crippen LogP contribution in [0.3, 0.4) is 0 Å². The molecule has 1 saturated carbocycles. The van der Waals surface area contributed by atoms with Crippen LogP contribution in [0, 0.1) is 5.82 Å². The van der Waals surface area contributed by atoms with Crippen molar-refractivity contribution in [1.29, 1.82) is 0 Å². The van der Waals surface area contributed by atoms with Crippen molar-refractivity contribution in [2.45, 2.75) is 32.4 Å². The zero-order chi connectivity index (χ0) is 20.5. The summed E-state index contributed by atoms with van der Waals surface area (Å²) >= 11 is 7.40. The van der Waals surface area contributed by atoms with Gasteiger partial charge < -0.3 is 4.90 Å². The molecular weight excluding hydrogens is 415 g/mol. The Morgan fingerprint density at radius 3 is 2.66 bits per heavy atom. The number of rotatable bonds is 5. The number of benzene rings is 1. The lowest BCUT2D eigenvalue weighted by molar-refractivity contribution is -0.116. The van der Waals surface area contributed by atoms with Gasteiger partial charge in [0.05, 0.1) is 11.3 Å². The molecule has 0 radical (unpaired) electrons. The van der Waals surface area contributed by atoms with Crippen LogP contribution >= 0.6 is 22.9 Å². The number of carbonyl (C=O) groups excluding carboxylic acids is 2. The van der Waals surface area contributed by atoms with Gasteiger partial charge in [0.1, 0.15) is 5.82 Å². The van der Waals surface area contributed by atoms with Gasteiger partial charge in [-0.15, -0.1) is 11.3 Å². The van der Waals surface area contributed by atoms with Crippen LogP contribution in [0.4, 0.5) is 9.52 Å². The second-order valence-corrected chi connectivity index (χ2v) is 8.71. The highest BCUT2D eigenvalue weighted by atomic mass is 35.5. The van der Waals surface area contributed by atoms with Crippen molar-refractivity contribution in [2.75, 3.05) is 31.1 Å². The van der Waals surface area contributed by atoms with Crippen molar-refractivity contribution < 1.29 is 14.0 Å². The summed E-state index contributed by atoms with van der Waals surface area (Å²) in [6.07, 6.45) is 2.08. The van der Waals surface area contributed by atoms with Gasteiger partial charge in [0.25, 0.3) is 5.91 Å². The first-order chi connectivity index (χ1) is 13.9. The number of piperazine rings is 1. The van der Waals surface area contributed by atoms with E-state index < -0.39 is 5.82 Å². The van der Waals surface area contributed by atoms with Crippen LogP contribution in [-0.4, -0.2) is 58.8 Å².